The third kappa shape index (κ3) is 6.17. The zero-order valence-electron chi connectivity index (χ0n) is 15.8. The van der Waals surface area contributed by atoms with Gasteiger partial charge in [0.05, 0.1) is 13.7 Å². The van der Waals surface area contributed by atoms with Crippen LogP contribution >= 0.6 is 0 Å². The van der Waals surface area contributed by atoms with Crippen LogP contribution in [0, 0.1) is 0 Å². The van der Waals surface area contributed by atoms with E-state index < -0.39 is 17.6 Å². The van der Waals surface area contributed by atoms with Crippen molar-refractivity contribution in [3.8, 4) is 5.88 Å². The summed E-state index contributed by atoms with van der Waals surface area (Å²) in [6.07, 6.45) is -2.15. The van der Waals surface area contributed by atoms with Crippen LogP contribution in [0.3, 0.4) is 0 Å². The monoisotopic (exact) mass is 403 g/mol. The molecule has 0 spiro atoms. The molecule has 28 heavy (non-hydrogen) atoms. The highest BCUT2D eigenvalue weighted by atomic mass is 19.4. The Bertz CT molecular complexity index is 676. The van der Waals surface area contributed by atoms with Gasteiger partial charge in [0.25, 0.3) is 0 Å². The van der Waals surface area contributed by atoms with E-state index >= 15 is 0 Å². The number of carbonyl (C=O) groups is 1. The number of nitrogens with one attached hydrogen (secondary N) is 2. The van der Waals surface area contributed by atoms with Crippen molar-refractivity contribution in [3.05, 3.63) is 23.9 Å². The topological polar surface area (TPSA) is 88.1 Å². The van der Waals surface area contributed by atoms with Gasteiger partial charge in [0.2, 0.25) is 5.88 Å². The van der Waals surface area contributed by atoms with E-state index in [0.717, 1.165) is 18.9 Å². The number of pyridine rings is 1. The molecule has 11 heteroatoms. The second-order valence-corrected chi connectivity index (χ2v) is 6.08. The van der Waals surface area contributed by atoms with Gasteiger partial charge in [-0.05, 0) is 25.0 Å². The molecule has 2 rings (SSSR count). The summed E-state index contributed by atoms with van der Waals surface area (Å²) < 4.78 is 48.6. The molecule has 0 saturated carbocycles. The molecule has 0 aliphatic carbocycles. The van der Waals surface area contributed by atoms with Gasteiger partial charge < -0.3 is 25.0 Å². The summed E-state index contributed by atoms with van der Waals surface area (Å²) >= 11 is 0. The Morgan fingerprint density at radius 2 is 2.11 bits per heavy atom. The number of nitrogens with zero attached hydrogens (tertiary/aromatic N) is 3. The minimum absolute atomic E-state index is 0.0123. The summed E-state index contributed by atoms with van der Waals surface area (Å²) in [5.74, 6) is 0.0621. The SMILES string of the molecule is CN=C(NCCOc1ncccc1C(F)(F)F)NC1CCN(C(=O)OC)CC1. The van der Waals surface area contributed by atoms with E-state index in [9.17, 15) is 18.0 Å². The summed E-state index contributed by atoms with van der Waals surface area (Å²) in [6.45, 7) is 1.38. The van der Waals surface area contributed by atoms with Crippen molar-refractivity contribution < 1.29 is 27.4 Å². The average molecular weight is 403 g/mol. The summed E-state index contributed by atoms with van der Waals surface area (Å²) in [6, 6.07) is 2.27. The van der Waals surface area contributed by atoms with Gasteiger partial charge in [-0.15, -0.1) is 0 Å². The summed E-state index contributed by atoms with van der Waals surface area (Å²) in [4.78, 5) is 20.9. The number of amides is 1. The smallest absolute Gasteiger partial charge is 0.421 e. The standard InChI is InChI=1S/C17H24F3N5O3/c1-21-15(24-12-5-9-25(10-6-12)16(26)27-2)23-8-11-28-14-13(17(18,19)20)4-3-7-22-14/h3-4,7,12H,5-6,8-11H2,1-2H3,(H2,21,23,24). The van der Waals surface area contributed by atoms with E-state index in [1.54, 1.807) is 11.9 Å². The molecule has 2 N–H and O–H groups in total. The molecule has 8 nitrogen and oxygen atoms in total. The molecule has 1 aromatic rings. The second-order valence-electron chi connectivity index (χ2n) is 6.08. The van der Waals surface area contributed by atoms with Crippen LogP contribution in [-0.2, 0) is 10.9 Å². The van der Waals surface area contributed by atoms with E-state index in [4.69, 9.17) is 9.47 Å². The van der Waals surface area contributed by atoms with Crippen molar-refractivity contribution in [2.45, 2.75) is 25.1 Å². The highest BCUT2D eigenvalue weighted by Gasteiger charge is 2.35. The molecule has 1 aliphatic rings. The van der Waals surface area contributed by atoms with E-state index in [-0.39, 0.29) is 25.3 Å². The Kier molecular flexibility index (Phi) is 7.70. The molecule has 0 bridgehead atoms. The Hall–Kier alpha value is -2.72. The lowest BCUT2D eigenvalue weighted by Gasteiger charge is -2.32. The first-order chi connectivity index (χ1) is 13.3. The molecule has 1 fully saturated rings. The molecule has 0 radical (unpaired) electrons. The van der Waals surface area contributed by atoms with Gasteiger partial charge in [-0.1, -0.05) is 0 Å². The number of guanidine groups is 1. The zero-order valence-corrected chi connectivity index (χ0v) is 15.8. The molecule has 1 aliphatic heterocycles. The van der Waals surface area contributed by atoms with Crippen LogP contribution in [0.15, 0.2) is 23.3 Å². The van der Waals surface area contributed by atoms with Crippen molar-refractivity contribution in [2.75, 3.05) is 40.4 Å². The van der Waals surface area contributed by atoms with Crippen LogP contribution in [0.5, 0.6) is 5.88 Å². The maximum absolute atomic E-state index is 12.9. The van der Waals surface area contributed by atoms with Gasteiger partial charge in [-0.25, -0.2) is 9.78 Å². The highest BCUT2D eigenvalue weighted by Crippen LogP contribution is 2.34. The van der Waals surface area contributed by atoms with Gasteiger partial charge in [0, 0.05) is 32.4 Å². The molecule has 2 heterocycles. The highest BCUT2D eigenvalue weighted by molar-refractivity contribution is 5.80. The van der Waals surface area contributed by atoms with Crippen molar-refractivity contribution in [2.24, 2.45) is 4.99 Å². The number of piperidine rings is 1. The summed E-state index contributed by atoms with van der Waals surface area (Å²) in [5, 5.41) is 6.22. The van der Waals surface area contributed by atoms with Crippen LogP contribution in [0.4, 0.5) is 18.0 Å². The van der Waals surface area contributed by atoms with Gasteiger partial charge in [-0.3, -0.25) is 4.99 Å². The third-order valence-electron chi connectivity index (χ3n) is 4.20. The number of rotatable bonds is 5. The minimum Gasteiger partial charge on any atom is -0.475 e. The first-order valence-corrected chi connectivity index (χ1v) is 8.80. The Morgan fingerprint density at radius 1 is 1.39 bits per heavy atom. The Morgan fingerprint density at radius 3 is 2.71 bits per heavy atom. The van der Waals surface area contributed by atoms with Crippen LogP contribution in [-0.4, -0.2) is 68.4 Å². The van der Waals surface area contributed by atoms with Crippen molar-refractivity contribution in [1.29, 1.82) is 0 Å². The normalized spacial score (nSPS) is 15.9. The summed E-state index contributed by atoms with van der Waals surface area (Å²) in [5.41, 5.74) is -0.908. The first kappa shape index (κ1) is 21.6. The molecule has 1 saturated heterocycles. The van der Waals surface area contributed by atoms with Gasteiger partial charge in [0.1, 0.15) is 12.2 Å². The van der Waals surface area contributed by atoms with Crippen LogP contribution in [0.25, 0.3) is 0 Å². The zero-order chi connectivity index (χ0) is 20.6. The largest absolute Gasteiger partial charge is 0.475 e. The molecule has 0 atom stereocenters. The molecular weight excluding hydrogens is 379 g/mol. The quantitative estimate of drug-likeness (QED) is 0.443. The van der Waals surface area contributed by atoms with E-state index in [2.05, 4.69) is 20.6 Å². The fourth-order valence-electron chi connectivity index (χ4n) is 2.76. The lowest BCUT2D eigenvalue weighted by molar-refractivity contribution is -0.139. The van der Waals surface area contributed by atoms with E-state index in [0.29, 0.717) is 19.0 Å². The second kappa shape index (κ2) is 10.00. The molecule has 0 unspecified atom stereocenters. The van der Waals surface area contributed by atoms with Crippen LogP contribution in [0.2, 0.25) is 0 Å². The number of likely N-dealkylation sites (tertiary alicyclic amines) is 1. The molecule has 1 amide bonds. The van der Waals surface area contributed by atoms with Crippen molar-refractivity contribution >= 4 is 12.1 Å². The first-order valence-electron chi connectivity index (χ1n) is 8.80. The lowest BCUT2D eigenvalue weighted by atomic mass is 10.1. The Balaban J connectivity index is 1.75. The maximum atomic E-state index is 12.9. The van der Waals surface area contributed by atoms with E-state index in [1.165, 1.54) is 19.4 Å². The number of methoxy groups -OCH3 is 1. The number of aromatic nitrogens is 1. The number of hydrogen-bond acceptors (Lipinski definition) is 5. The minimum atomic E-state index is -4.52. The summed E-state index contributed by atoms with van der Waals surface area (Å²) in [7, 11) is 2.95. The van der Waals surface area contributed by atoms with Crippen LogP contribution in [0.1, 0.15) is 18.4 Å². The predicted octanol–water partition coefficient (Wildman–Crippen LogP) is 1.87. The Labute approximate surface area is 161 Å². The number of aliphatic imine (C=N–C) groups is 1. The molecule has 1 aromatic heterocycles. The van der Waals surface area contributed by atoms with Gasteiger partial charge >= 0.3 is 12.3 Å². The fraction of sp³-hybridized carbons (Fsp3) is 0.588. The molecular formula is C17H24F3N5O3. The fourth-order valence-corrected chi connectivity index (χ4v) is 2.76. The number of ether oxygens (including phenoxy) is 2. The molecule has 0 aromatic carbocycles. The van der Waals surface area contributed by atoms with Gasteiger partial charge in [0.15, 0.2) is 5.96 Å². The van der Waals surface area contributed by atoms with Crippen LogP contribution < -0.4 is 15.4 Å². The lowest BCUT2D eigenvalue weighted by Crippen LogP contribution is -2.50. The average Bonchev–Trinajstić information content (AvgIpc) is 2.69. The number of alkyl halides is 3. The van der Waals surface area contributed by atoms with Gasteiger partial charge in [-0.2, -0.15) is 13.2 Å². The number of halogens is 3. The van der Waals surface area contributed by atoms with E-state index in [1.807, 2.05) is 0 Å². The van der Waals surface area contributed by atoms with Crippen molar-refractivity contribution in [1.82, 2.24) is 20.5 Å². The third-order valence-corrected chi connectivity index (χ3v) is 4.20. The molecule has 156 valence electrons. The number of carbonyl (C=O) groups excluding carboxylic acids is 1. The predicted molar refractivity (Wildman–Crippen MR) is 96.2 cm³/mol. The van der Waals surface area contributed by atoms with Crippen molar-refractivity contribution in [3.63, 3.8) is 0 Å². The maximum Gasteiger partial charge on any atom is 0.421 e. The number of hydrogen-bond donors (Lipinski definition) is 2.